The summed E-state index contributed by atoms with van der Waals surface area (Å²) < 4.78 is 6.14. The Morgan fingerprint density at radius 2 is 2.20 bits per heavy atom. The van der Waals surface area contributed by atoms with Crippen LogP contribution in [0.4, 0.5) is 0 Å². The molecule has 0 radical (unpaired) electrons. The average Bonchev–Trinajstić information content (AvgIpc) is 3.07. The Kier molecular flexibility index (Phi) is 3.12. The van der Waals surface area contributed by atoms with E-state index in [-0.39, 0.29) is 0 Å². The molecule has 0 atom stereocenters. The van der Waals surface area contributed by atoms with Gasteiger partial charge >= 0.3 is 0 Å². The highest BCUT2D eigenvalue weighted by molar-refractivity contribution is 9.10. The smallest absolute Gasteiger partial charge is 0.274 e. The molecule has 0 aliphatic heterocycles. The van der Waals surface area contributed by atoms with E-state index in [4.69, 9.17) is 9.78 Å². The predicted molar refractivity (Wildman–Crippen MR) is 76.7 cm³/mol. The summed E-state index contributed by atoms with van der Waals surface area (Å²) in [6, 6.07) is 9.62. The number of rotatable bonds is 2. The monoisotopic (exact) mass is 328 g/mol. The molecule has 1 aromatic carbocycles. The molecule has 0 spiro atoms. The molecule has 2 aromatic heterocycles. The largest absolute Gasteiger partial charge is 0.356 e. The van der Waals surface area contributed by atoms with Gasteiger partial charge in [-0.2, -0.15) is 10.2 Å². The van der Waals surface area contributed by atoms with Crippen LogP contribution in [-0.2, 0) is 0 Å². The van der Waals surface area contributed by atoms with Gasteiger partial charge in [0.15, 0.2) is 0 Å². The second-order valence-electron chi connectivity index (χ2n) is 4.32. The lowest BCUT2D eigenvalue weighted by molar-refractivity contribution is 0.431. The van der Waals surface area contributed by atoms with Crippen LogP contribution in [0.2, 0.25) is 0 Å². The lowest BCUT2D eigenvalue weighted by atomic mass is 10.1. The van der Waals surface area contributed by atoms with Crippen LogP contribution < -0.4 is 0 Å². The molecule has 0 amide bonds. The average molecular weight is 329 g/mol. The summed E-state index contributed by atoms with van der Waals surface area (Å²) in [5, 5.41) is 12.8. The molecule has 0 unspecified atom stereocenters. The number of halogens is 1. The highest BCUT2D eigenvalue weighted by atomic mass is 79.9. The van der Waals surface area contributed by atoms with E-state index in [2.05, 4.69) is 31.1 Å². The van der Waals surface area contributed by atoms with Crippen molar-refractivity contribution in [1.82, 2.24) is 15.1 Å². The molecule has 2 heterocycles. The fourth-order valence-corrected chi connectivity index (χ4v) is 2.50. The van der Waals surface area contributed by atoms with Crippen LogP contribution in [0.3, 0.4) is 0 Å². The van der Waals surface area contributed by atoms with Gasteiger partial charge in [-0.3, -0.25) is 0 Å². The van der Waals surface area contributed by atoms with Crippen molar-refractivity contribution >= 4 is 15.9 Å². The zero-order chi connectivity index (χ0) is 14.1. The van der Waals surface area contributed by atoms with Crippen LogP contribution in [0.25, 0.3) is 23.0 Å². The predicted octanol–water partition coefficient (Wildman–Crippen LogP) is 3.67. The van der Waals surface area contributed by atoms with Crippen molar-refractivity contribution in [2.24, 2.45) is 0 Å². The fraction of sp³-hybridized carbons (Fsp3) is 0.0714. The lowest BCUT2D eigenvalue weighted by Gasteiger charge is -1.99. The minimum Gasteiger partial charge on any atom is -0.356 e. The topological polar surface area (TPSA) is 78.5 Å². The summed E-state index contributed by atoms with van der Waals surface area (Å²) in [6.07, 6.45) is 1.60. The highest BCUT2D eigenvalue weighted by Crippen LogP contribution is 2.28. The number of nitriles is 1. The number of aryl methyl sites for hydroxylation is 1. The van der Waals surface area contributed by atoms with Crippen LogP contribution in [0.15, 0.2) is 39.5 Å². The molecular formula is C14H9BrN4O. The maximum atomic E-state index is 8.80. The maximum Gasteiger partial charge on any atom is 0.274 e. The molecule has 3 rings (SSSR count). The second kappa shape index (κ2) is 4.94. The molecule has 0 fully saturated rings. The molecule has 0 aliphatic carbocycles. The molecule has 0 bridgehead atoms. The second-order valence-corrected chi connectivity index (χ2v) is 5.17. The minimum absolute atomic E-state index is 0.356. The van der Waals surface area contributed by atoms with Gasteiger partial charge in [0.1, 0.15) is 11.8 Å². The number of hydrogen-bond donors (Lipinski definition) is 1. The van der Waals surface area contributed by atoms with Gasteiger partial charge in [-0.1, -0.05) is 27.2 Å². The van der Waals surface area contributed by atoms with E-state index in [9.17, 15) is 0 Å². The number of benzene rings is 1. The molecular weight excluding hydrogens is 320 g/mol. The first-order valence-corrected chi connectivity index (χ1v) is 6.66. The number of nitrogens with one attached hydrogen (secondary N) is 1. The maximum absolute atomic E-state index is 8.80. The van der Waals surface area contributed by atoms with E-state index in [0.29, 0.717) is 23.0 Å². The highest BCUT2D eigenvalue weighted by Gasteiger charge is 2.14. The van der Waals surface area contributed by atoms with Gasteiger partial charge in [-0.25, -0.2) is 0 Å². The molecule has 20 heavy (non-hydrogen) atoms. The Morgan fingerprint density at radius 1 is 1.35 bits per heavy atom. The first-order valence-electron chi connectivity index (χ1n) is 5.86. The van der Waals surface area contributed by atoms with Crippen LogP contribution in [0, 0.1) is 18.3 Å². The van der Waals surface area contributed by atoms with Gasteiger partial charge in [-0.15, -0.1) is 0 Å². The van der Waals surface area contributed by atoms with Crippen molar-refractivity contribution in [3.63, 3.8) is 0 Å². The standard InChI is InChI=1S/C14H9BrN4O/c1-8-2-3-10(11(15)4-8)13-18-14(20-19-13)12-5-9(6-16)7-17-12/h2-5,7,17H,1H3. The van der Waals surface area contributed by atoms with E-state index >= 15 is 0 Å². The molecule has 1 N–H and O–H groups in total. The normalized spacial score (nSPS) is 10.4. The molecule has 3 aromatic rings. The third-order valence-corrected chi connectivity index (χ3v) is 3.49. The Labute approximate surface area is 123 Å². The summed E-state index contributed by atoms with van der Waals surface area (Å²) >= 11 is 3.49. The van der Waals surface area contributed by atoms with E-state index in [1.807, 2.05) is 31.2 Å². The third kappa shape index (κ3) is 2.24. The quantitative estimate of drug-likeness (QED) is 0.778. The van der Waals surface area contributed by atoms with E-state index in [0.717, 1.165) is 15.6 Å². The van der Waals surface area contributed by atoms with Crippen LogP contribution in [-0.4, -0.2) is 15.1 Å². The van der Waals surface area contributed by atoms with Crippen molar-refractivity contribution in [1.29, 1.82) is 5.26 Å². The zero-order valence-corrected chi connectivity index (χ0v) is 12.1. The molecule has 0 saturated carbocycles. The molecule has 6 heteroatoms. The molecule has 0 aliphatic rings. The van der Waals surface area contributed by atoms with Crippen LogP contribution in [0.1, 0.15) is 11.1 Å². The van der Waals surface area contributed by atoms with Crippen molar-refractivity contribution in [2.45, 2.75) is 6.92 Å². The number of aromatic nitrogens is 3. The number of aromatic amines is 1. The van der Waals surface area contributed by atoms with Gasteiger partial charge in [0, 0.05) is 16.2 Å². The lowest BCUT2D eigenvalue weighted by Crippen LogP contribution is -1.84. The van der Waals surface area contributed by atoms with Gasteiger partial charge < -0.3 is 9.51 Å². The third-order valence-electron chi connectivity index (χ3n) is 2.83. The Bertz CT molecular complexity index is 813. The molecule has 98 valence electrons. The zero-order valence-electron chi connectivity index (χ0n) is 10.5. The van der Waals surface area contributed by atoms with E-state index in [1.165, 1.54) is 0 Å². The Balaban J connectivity index is 2.00. The van der Waals surface area contributed by atoms with Gasteiger partial charge in [0.05, 0.1) is 5.56 Å². The Hall–Kier alpha value is -2.39. The first kappa shape index (κ1) is 12.6. The number of nitrogens with zero attached hydrogens (tertiary/aromatic N) is 3. The van der Waals surface area contributed by atoms with Crippen LogP contribution in [0.5, 0.6) is 0 Å². The van der Waals surface area contributed by atoms with Crippen molar-refractivity contribution < 1.29 is 4.52 Å². The van der Waals surface area contributed by atoms with Crippen molar-refractivity contribution in [2.75, 3.05) is 0 Å². The Morgan fingerprint density at radius 3 is 2.90 bits per heavy atom. The van der Waals surface area contributed by atoms with Gasteiger partial charge in [0.25, 0.3) is 5.89 Å². The van der Waals surface area contributed by atoms with Gasteiger partial charge in [-0.05, 0) is 30.7 Å². The van der Waals surface area contributed by atoms with E-state index < -0.39 is 0 Å². The van der Waals surface area contributed by atoms with Crippen LogP contribution >= 0.6 is 15.9 Å². The first-order chi connectivity index (χ1) is 9.67. The summed E-state index contributed by atoms with van der Waals surface area (Å²) in [6.45, 7) is 2.01. The van der Waals surface area contributed by atoms with Gasteiger partial charge in [0.2, 0.25) is 5.82 Å². The summed E-state index contributed by atoms with van der Waals surface area (Å²) in [5.74, 6) is 0.856. The molecule has 5 nitrogen and oxygen atoms in total. The van der Waals surface area contributed by atoms with E-state index in [1.54, 1.807) is 12.3 Å². The summed E-state index contributed by atoms with van der Waals surface area (Å²) in [7, 11) is 0. The van der Waals surface area contributed by atoms with Crippen molar-refractivity contribution in [3.05, 3.63) is 46.1 Å². The fourth-order valence-electron chi connectivity index (χ4n) is 1.83. The summed E-state index contributed by atoms with van der Waals surface area (Å²) in [5.41, 5.74) is 3.16. The SMILES string of the molecule is Cc1ccc(-c2noc(-c3cc(C#N)c[nH]3)n2)c(Br)c1. The van der Waals surface area contributed by atoms with Crippen molar-refractivity contribution in [3.8, 4) is 29.0 Å². The number of hydrogen-bond acceptors (Lipinski definition) is 4. The molecule has 0 saturated heterocycles. The summed E-state index contributed by atoms with van der Waals surface area (Å²) in [4.78, 5) is 7.27. The number of H-pyrrole nitrogens is 1. The minimum atomic E-state index is 0.356.